The summed E-state index contributed by atoms with van der Waals surface area (Å²) in [7, 11) is 3.22. The summed E-state index contributed by atoms with van der Waals surface area (Å²) in [5.74, 6) is 1.34. The normalized spacial score (nSPS) is 10.0. The molecule has 5 heteroatoms. The first-order valence-electron chi connectivity index (χ1n) is 6.45. The van der Waals surface area contributed by atoms with Gasteiger partial charge in [-0.15, -0.1) is 0 Å². The average Bonchev–Trinajstić information content (AvgIpc) is 2.48. The number of benzene rings is 2. The molecule has 2 aromatic carbocycles. The van der Waals surface area contributed by atoms with Crippen molar-refractivity contribution in [2.75, 3.05) is 19.5 Å². The van der Waals surface area contributed by atoms with Gasteiger partial charge in [0.25, 0.3) is 0 Å². The van der Waals surface area contributed by atoms with Crippen molar-refractivity contribution in [2.24, 2.45) is 5.73 Å². The van der Waals surface area contributed by atoms with Gasteiger partial charge in [-0.25, -0.2) is 0 Å². The number of ether oxygens (including phenoxy) is 2. The molecule has 4 nitrogen and oxygen atoms in total. The van der Waals surface area contributed by atoms with E-state index in [2.05, 4.69) is 5.32 Å². The van der Waals surface area contributed by atoms with E-state index in [1.807, 2.05) is 43.3 Å². The molecule has 21 heavy (non-hydrogen) atoms. The Morgan fingerprint density at radius 3 is 2.43 bits per heavy atom. The van der Waals surface area contributed by atoms with Crippen LogP contribution in [0.5, 0.6) is 11.5 Å². The molecule has 0 aromatic heterocycles. The molecular formula is C16H18N2O2S. The molecule has 2 rings (SSSR count). The lowest BCUT2D eigenvalue weighted by Crippen LogP contribution is -2.12. The topological polar surface area (TPSA) is 56.5 Å². The largest absolute Gasteiger partial charge is 0.493 e. The third-order valence-corrected chi connectivity index (χ3v) is 3.41. The summed E-state index contributed by atoms with van der Waals surface area (Å²) in [6, 6.07) is 11.5. The minimum atomic E-state index is 0.363. The molecule has 0 spiro atoms. The number of rotatable bonds is 5. The van der Waals surface area contributed by atoms with E-state index in [1.165, 1.54) is 0 Å². The first-order valence-corrected chi connectivity index (χ1v) is 6.86. The Hall–Kier alpha value is -2.27. The highest BCUT2D eigenvalue weighted by atomic mass is 32.1. The quantitative estimate of drug-likeness (QED) is 0.829. The zero-order valence-electron chi connectivity index (χ0n) is 12.3. The van der Waals surface area contributed by atoms with Gasteiger partial charge in [-0.3, -0.25) is 0 Å². The molecule has 0 unspecified atom stereocenters. The zero-order valence-corrected chi connectivity index (χ0v) is 13.1. The van der Waals surface area contributed by atoms with Crippen LogP contribution in [0, 0.1) is 6.92 Å². The average molecular weight is 302 g/mol. The van der Waals surface area contributed by atoms with Crippen LogP contribution in [0.25, 0.3) is 0 Å². The molecule has 0 aliphatic rings. The number of para-hydroxylation sites is 1. The van der Waals surface area contributed by atoms with Gasteiger partial charge in [0.2, 0.25) is 0 Å². The fraction of sp³-hybridized carbons (Fsp3) is 0.188. The van der Waals surface area contributed by atoms with Gasteiger partial charge in [-0.2, -0.15) is 0 Å². The molecule has 3 N–H and O–H groups in total. The maximum absolute atomic E-state index is 5.79. The number of hydrogen-bond acceptors (Lipinski definition) is 4. The zero-order chi connectivity index (χ0) is 15.4. The minimum Gasteiger partial charge on any atom is -0.493 e. The molecule has 0 saturated heterocycles. The van der Waals surface area contributed by atoms with Gasteiger partial charge in [0.1, 0.15) is 4.99 Å². The van der Waals surface area contributed by atoms with Crippen LogP contribution in [-0.2, 0) is 0 Å². The lowest BCUT2D eigenvalue weighted by molar-refractivity contribution is 0.355. The second kappa shape index (κ2) is 6.45. The Kier molecular flexibility index (Phi) is 4.65. The van der Waals surface area contributed by atoms with Crippen molar-refractivity contribution in [3.63, 3.8) is 0 Å². The van der Waals surface area contributed by atoms with Crippen molar-refractivity contribution >= 4 is 28.6 Å². The Morgan fingerprint density at radius 2 is 1.81 bits per heavy atom. The molecule has 0 bridgehead atoms. The number of hydrogen-bond donors (Lipinski definition) is 2. The number of anilines is 2. The van der Waals surface area contributed by atoms with Crippen molar-refractivity contribution < 1.29 is 9.47 Å². The van der Waals surface area contributed by atoms with Crippen LogP contribution in [0.3, 0.4) is 0 Å². The van der Waals surface area contributed by atoms with E-state index in [4.69, 9.17) is 27.4 Å². The Labute approximate surface area is 129 Å². The molecule has 110 valence electrons. The highest BCUT2D eigenvalue weighted by Gasteiger charge is 2.10. The van der Waals surface area contributed by atoms with E-state index >= 15 is 0 Å². The predicted octanol–water partition coefficient (Wildman–Crippen LogP) is 3.39. The summed E-state index contributed by atoms with van der Waals surface area (Å²) in [5, 5.41) is 3.35. The van der Waals surface area contributed by atoms with Crippen LogP contribution in [0.2, 0.25) is 0 Å². The fourth-order valence-corrected chi connectivity index (χ4v) is 2.27. The number of aryl methyl sites for hydroxylation is 1. The molecule has 0 radical (unpaired) electrons. The van der Waals surface area contributed by atoms with Crippen LogP contribution in [0.15, 0.2) is 36.4 Å². The van der Waals surface area contributed by atoms with Gasteiger partial charge in [-0.1, -0.05) is 24.4 Å². The number of nitrogens with two attached hydrogens (primary N) is 1. The molecule has 2 aromatic rings. The first kappa shape index (κ1) is 15.1. The summed E-state index contributed by atoms with van der Waals surface area (Å²) in [4.78, 5) is 0.363. The number of nitrogens with one attached hydrogen (secondary N) is 1. The molecule has 0 aliphatic carbocycles. The summed E-state index contributed by atoms with van der Waals surface area (Å²) >= 11 is 5.11. The van der Waals surface area contributed by atoms with Crippen molar-refractivity contribution in [1.82, 2.24) is 0 Å². The van der Waals surface area contributed by atoms with Gasteiger partial charge < -0.3 is 20.5 Å². The predicted molar refractivity (Wildman–Crippen MR) is 89.9 cm³/mol. The van der Waals surface area contributed by atoms with E-state index in [0.717, 1.165) is 22.5 Å². The van der Waals surface area contributed by atoms with E-state index in [0.29, 0.717) is 16.5 Å². The fourth-order valence-electron chi connectivity index (χ4n) is 2.10. The van der Waals surface area contributed by atoms with Crippen LogP contribution in [0.4, 0.5) is 11.4 Å². The second-order valence-corrected chi connectivity index (χ2v) is 5.00. The van der Waals surface area contributed by atoms with Crippen LogP contribution < -0.4 is 20.5 Å². The van der Waals surface area contributed by atoms with E-state index < -0.39 is 0 Å². The van der Waals surface area contributed by atoms with E-state index in [1.54, 1.807) is 14.2 Å². The van der Waals surface area contributed by atoms with Gasteiger partial charge in [-0.05, 0) is 30.7 Å². The smallest absolute Gasteiger partial charge is 0.162 e. The van der Waals surface area contributed by atoms with Gasteiger partial charge in [0, 0.05) is 17.3 Å². The second-order valence-electron chi connectivity index (χ2n) is 4.56. The Bertz CT molecular complexity index is 671. The third kappa shape index (κ3) is 3.25. The lowest BCUT2D eigenvalue weighted by atomic mass is 10.1. The summed E-state index contributed by atoms with van der Waals surface area (Å²) in [6.45, 7) is 2.00. The SMILES string of the molecule is COc1ccc(Nc2c(C)cccc2C(N)=S)cc1OC. The maximum atomic E-state index is 5.79. The Balaban J connectivity index is 2.41. The summed E-state index contributed by atoms with van der Waals surface area (Å²) < 4.78 is 10.5. The Morgan fingerprint density at radius 1 is 1.10 bits per heavy atom. The molecular weight excluding hydrogens is 284 g/mol. The van der Waals surface area contributed by atoms with Crippen molar-refractivity contribution in [1.29, 1.82) is 0 Å². The van der Waals surface area contributed by atoms with Crippen LogP contribution in [0.1, 0.15) is 11.1 Å². The highest BCUT2D eigenvalue weighted by Crippen LogP contribution is 2.32. The molecule has 0 atom stereocenters. The molecule has 0 amide bonds. The minimum absolute atomic E-state index is 0.363. The lowest BCUT2D eigenvalue weighted by Gasteiger charge is -2.15. The monoisotopic (exact) mass is 302 g/mol. The summed E-state index contributed by atoms with van der Waals surface area (Å²) in [5.41, 5.74) is 9.44. The van der Waals surface area contributed by atoms with Gasteiger partial charge in [0.05, 0.1) is 19.9 Å². The van der Waals surface area contributed by atoms with Gasteiger partial charge >= 0.3 is 0 Å². The highest BCUT2D eigenvalue weighted by molar-refractivity contribution is 7.80. The molecule has 0 heterocycles. The number of methoxy groups -OCH3 is 2. The molecule has 0 saturated carbocycles. The van der Waals surface area contributed by atoms with E-state index in [9.17, 15) is 0 Å². The van der Waals surface area contributed by atoms with Crippen LogP contribution in [-0.4, -0.2) is 19.2 Å². The molecule has 0 aliphatic heterocycles. The van der Waals surface area contributed by atoms with Gasteiger partial charge in [0.15, 0.2) is 11.5 Å². The van der Waals surface area contributed by atoms with E-state index in [-0.39, 0.29) is 0 Å². The van der Waals surface area contributed by atoms with Crippen molar-refractivity contribution in [2.45, 2.75) is 6.92 Å². The third-order valence-electron chi connectivity index (χ3n) is 3.19. The van der Waals surface area contributed by atoms with Crippen LogP contribution >= 0.6 is 12.2 Å². The van der Waals surface area contributed by atoms with Crippen molar-refractivity contribution in [3.05, 3.63) is 47.5 Å². The maximum Gasteiger partial charge on any atom is 0.162 e. The standard InChI is InChI=1S/C16H18N2O2S/c1-10-5-4-6-12(16(17)21)15(10)18-11-7-8-13(19-2)14(9-11)20-3/h4-9,18H,1-3H3,(H2,17,21). The van der Waals surface area contributed by atoms with Crippen molar-refractivity contribution in [3.8, 4) is 11.5 Å². The number of thiocarbonyl (C=S) groups is 1. The first-order chi connectivity index (χ1) is 10.1. The summed E-state index contributed by atoms with van der Waals surface area (Å²) in [6.07, 6.45) is 0. The molecule has 0 fully saturated rings.